The maximum Gasteiger partial charge on any atom is 0.324 e. The highest BCUT2D eigenvalue weighted by Gasteiger charge is 2.31. The number of carbonyl (C=O) groups is 1. The topological polar surface area (TPSA) is 130 Å². The summed E-state index contributed by atoms with van der Waals surface area (Å²) >= 11 is 0. The van der Waals surface area contributed by atoms with E-state index >= 15 is 0 Å². The van der Waals surface area contributed by atoms with Crippen molar-refractivity contribution in [3.63, 3.8) is 0 Å². The Labute approximate surface area is 190 Å². The number of benzene rings is 2. The third-order valence-corrected chi connectivity index (χ3v) is 6.29. The van der Waals surface area contributed by atoms with Crippen LogP contribution in [0.5, 0.6) is 11.5 Å². The van der Waals surface area contributed by atoms with E-state index in [2.05, 4.69) is 14.9 Å². The van der Waals surface area contributed by atoms with Gasteiger partial charge < -0.3 is 18.6 Å². The molecule has 0 fully saturated rings. The second-order valence-electron chi connectivity index (χ2n) is 7.62. The van der Waals surface area contributed by atoms with E-state index in [4.69, 9.17) is 18.6 Å². The Hall–Kier alpha value is -3.44. The van der Waals surface area contributed by atoms with Crippen molar-refractivity contribution in [2.45, 2.75) is 31.4 Å². The second-order valence-corrected chi connectivity index (χ2v) is 9.34. The zero-order valence-corrected chi connectivity index (χ0v) is 18.9. The van der Waals surface area contributed by atoms with Gasteiger partial charge in [-0.2, -0.15) is 4.72 Å². The first-order valence-electron chi connectivity index (χ1n) is 10.3. The molecule has 0 aliphatic carbocycles. The predicted molar refractivity (Wildman–Crippen MR) is 116 cm³/mol. The molecule has 33 heavy (non-hydrogen) atoms. The van der Waals surface area contributed by atoms with Crippen molar-refractivity contribution in [3.8, 4) is 23.0 Å². The molecule has 0 spiro atoms. The van der Waals surface area contributed by atoms with E-state index in [9.17, 15) is 13.2 Å². The first-order chi connectivity index (χ1) is 15.8. The maximum atomic E-state index is 12.9. The first kappa shape index (κ1) is 22.7. The summed E-state index contributed by atoms with van der Waals surface area (Å²) in [5.74, 6) is 0.0475. The van der Waals surface area contributed by atoms with Crippen LogP contribution in [-0.4, -0.2) is 43.8 Å². The van der Waals surface area contributed by atoms with Crippen molar-refractivity contribution in [2.24, 2.45) is 5.92 Å². The van der Waals surface area contributed by atoms with Gasteiger partial charge in [0.2, 0.25) is 15.9 Å². The molecule has 1 aromatic heterocycles. The summed E-state index contributed by atoms with van der Waals surface area (Å²) in [5.41, 5.74) is 0.731. The molecular formula is C22H23N3O7S. The van der Waals surface area contributed by atoms with Crippen LogP contribution in [0.1, 0.15) is 19.7 Å². The summed E-state index contributed by atoms with van der Waals surface area (Å²) in [7, 11) is -4.04. The van der Waals surface area contributed by atoms with E-state index in [0.29, 0.717) is 30.6 Å². The Morgan fingerprint density at radius 2 is 1.79 bits per heavy atom. The minimum atomic E-state index is -4.04. The molecule has 2 aromatic carbocycles. The summed E-state index contributed by atoms with van der Waals surface area (Å²) < 4.78 is 49.9. The van der Waals surface area contributed by atoms with Crippen LogP contribution in [0.3, 0.4) is 0 Å². The van der Waals surface area contributed by atoms with E-state index < -0.39 is 22.0 Å². The van der Waals surface area contributed by atoms with Crippen molar-refractivity contribution in [1.29, 1.82) is 0 Å². The molecule has 0 radical (unpaired) electrons. The van der Waals surface area contributed by atoms with Crippen molar-refractivity contribution in [3.05, 3.63) is 54.4 Å². The maximum absolute atomic E-state index is 12.9. The number of ether oxygens (including phenoxy) is 3. The highest BCUT2D eigenvalue weighted by Crippen LogP contribution is 2.32. The van der Waals surface area contributed by atoms with Crippen LogP contribution in [-0.2, 0) is 26.2 Å². The minimum absolute atomic E-state index is 0.0467. The predicted octanol–water partition coefficient (Wildman–Crippen LogP) is 2.55. The normalized spacial score (nSPS) is 14.2. The molecule has 0 amide bonds. The minimum Gasteiger partial charge on any atom is -0.486 e. The Balaban J connectivity index is 1.43. The smallest absolute Gasteiger partial charge is 0.324 e. The van der Waals surface area contributed by atoms with Gasteiger partial charge in [-0.05, 0) is 30.2 Å². The van der Waals surface area contributed by atoms with Crippen LogP contribution >= 0.6 is 0 Å². The van der Waals surface area contributed by atoms with Gasteiger partial charge in [-0.1, -0.05) is 32.0 Å². The highest BCUT2D eigenvalue weighted by atomic mass is 32.2. The lowest BCUT2D eigenvalue weighted by atomic mass is 10.1. The van der Waals surface area contributed by atoms with Crippen molar-refractivity contribution in [2.75, 3.05) is 13.2 Å². The summed E-state index contributed by atoms with van der Waals surface area (Å²) in [4.78, 5) is 12.6. The quantitative estimate of drug-likeness (QED) is 0.491. The van der Waals surface area contributed by atoms with Gasteiger partial charge >= 0.3 is 5.97 Å². The molecule has 10 nitrogen and oxygen atoms in total. The number of hydrogen-bond acceptors (Lipinski definition) is 9. The Morgan fingerprint density at radius 1 is 1.06 bits per heavy atom. The first-order valence-corrected chi connectivity index (χ1v) is 11.8. The van der Waals surface area contributed by atoms with Crippen LogP contribution in [0.15, 0.2) is 57.8 Å². The molecule has 1 aliphatic rings. The Kier molecular flexibility index (Phi) is 6.61. The van der Waals surface area contributed by atoms with Crippen LogP contribution < -0.4 is 14.2 Å². The van der Waals surface area contributed by atoms with E-state index in [0.717, 1.165) is 5.56 Å². The van der Waals surface area contributed by atoms with Crippen LogP contribution in [0.25, 0.3) is 11.5 Å². The van der Waals surface area contributed by atoms with Gasteiger partial charge in [-0.25, -0.2) is 8.42 Å². The van der Waals surface area contributed by atoms with Gasteiger partial charge in [0, 0.05) is 11.6 Å². The average molecular weight is 474 g/mol. The fourth-order valence-electron chi connectivity index (χ4n) is 3.11. The molecule has 174 valence electrons. The number of sulfonamides is 1. The molecule has 2 heterocycles. The van der Waals surface area contributed by atoms with E-state index in [1.807, 2.05) is 30.3 Å². The molecule has 1 N–H and O–H groups in total. The number of nitrogens with zero attached hydrogens (tertiary/aromatic N) is 2. The summed E-state index contributed by atoms with van der Waals surface area (Å²) in [6.45, 7) is 3.85. The van der Waals surface area contributed by atoms with Crippen molar-refractivity contribution < 1.29 is 31.8 Å². The van der Waals surface area contributed by atoms with Gasteiger partial charge in [0.1, 0.15) is 19.3 Å². The van der Waals surface area contributed by atoms with E-state index in [1.54, 1.807) is 13.8 Å². The van der Waals surface area contributed by atoms with Crippen LogP contribution in [0, 0.1) is 5.92 Å². The standard InChI is InChI=1S/C22H23N3O7S/c1-14(2)20(25-33(27,28)16-8-9-17-18(12-16)30-11-10-29-17)22(26)31-13-19-23-24-21(32-19)15-6-4-3-5-7-15/h3-9,12,14,20,25H,10-11,13H2,1-2H3/t20-/m1/s1. The largest absolute Gasteiger partial charge is 0.486 e. The Morgan fingerprint density at radius 3 is 2.52 bits per heavy atom. The monoisotopic (exact) mass is 473 g/mol. The molecule has 11 heteroatoms. The molecule has 4 rings (SSSR count). The van der Waals surface area contributed by atoms with E-state index in [1.165, 1.54) is 18.2 Å². The molecule has 1 atom stereocenters. The number of esters is 1. The second kappa shape index (κ2) is 9.59. The van der Waals surface area contributed by atoms with Gasteiger partial charge in [0.15, 0.2) is 18.1 Å². The summed E-state index contributed by atoms with van der Waals surface area (Å²) in [6.07, 6.45) is 0. The highest BCUT2D eigenvalue weighted by molar-refractivity contribution is 7.89. The SMILES string of the molecule is CC(C)[C@@H](NS(=O)(=O)c1ccc2c(c1)OCCO2)C(=O)OCc1nnc(-c2ccccc2)o1. The van der Waals surface area contributed by atoms with Gasteiger partial charge in [-0.15, -0.1) is 10.2 Å². The zero-order chi connectivity index (χ0) is 23.4. The number of carbonyl (C=O) groups excluding carboxylic acids is 1. The van der Waals surface area contributed by atoms with Gasteiger partial charge in [-0.3, -0.25) is 4.79 Å². The fraction of sp³-hybridized carbons (Fsp3) is 0.318. The average Bonchev–Trinajstić information content (AvgIpc) is 3.30. The van der Waals surface area contributed by atoms with Gasteiger partial charge in [0.05, 0.1) is 4.90 Å². The number of hydrogen-bond donors (Lipinski definition) is 1. The summed E-state index contributed by atoms with van der Waals surface area (Å²) in [6, 6.07) is 12.3. The molecule has 1 aliphatic heterocycles. The molecule has 3 aromatic rings. The molecule has 0 unspecified atom stereocenters. The molecule has 0 saturated carbocycles. The number of nitrogens with one attached hydrogen (secondary N) is 1. The molecule has 0 bridgehead atoms. The number of aromatic nitrogens is 2. The zero-order valence-electron chi connectivity index (χ0n) is 18.1. The third-order valence-electron chi connectivity index (χ3n) is 4.85. The summed E-state index contributed by atoms with van der Waals surface area (Å²) in [5, 5.41) is 7.81. The molecular weight excluding hydrogens is 450 g/mol. The Bertz CT molecular complexity index is 1230. The number of rotatable bonds is 8. The van der Waals surface area contributed by atoms with Crippen molar-refractivity contribution >= 4 is 16.0 Å². The fourth-order valence-corrected chi connectivity index (χ4v) is 4.46. The lowest BCUT2D eigenvalue weighted by molar-refractivity contribution is -0.148. The number of fused-ring (bicyclic) bond motifs is 1. The van der Waals surface area contributed by atoms with E-state index in [-0.39, 0.29) is 23.3 Å². The third kappa shape index (κ3) is 5.32. The lowest BCUT2D eigenvalue weighted by Crippen LogP contribution is -2.45. The molecule has 0 saturated heterocycles. The van der Waals surface area contributed by atoms with Gasteiger partial charge in [0.25, 0.3) is 5.89 Å². The van der Waals surface area contributed by atoms with Crippen LogP contribution in [0.2, 0.25) is 0 Å². The van der Waals surface area contributed by atoms with Crippen molar-refractivity contribution in [1.82, 2.24) is 14.9 Å². The lowest BCUT2D eigenvalue weighted by Gasteiger charge is -2.22. The van der Waals surface area contributed by atoms with Crippen LogP contribution in [0.4, 0.5) is 0 Å².